The quantitative estimate of drug-likeness (QED) is 0.862. The third kappa shape index (κ3) is 2.04. The van der Waals surface area contributed by atoms with E-state index in [2.05, 4.69) is 20.9 Å². The molecule has 0 amide bonds. The van der Waals surface area contributed by atoms with Gasteiger partial charge in [-0.2, -0.15) is 0 Å². The molecule has 0 aliphatic heterocycles. The van der Waals surface area contributed by atoms with E-state index in [1.807, 2.05) is 32.3 Å². The summed E-state index contributed by atoms with van der Waals surface area (Å²) in [5.41, 5.74) is 7.46. The molecule has 2 N–H and O–H groups in total. The van der Waals surface area contributed by atoms with Gasteiger partial charge in [-0.25, -0.2) is 4.98 Å². The lowest BCUT2D eigenvalue weighted by atomic mass is 10.2. The number of hydrogen-bond donors (Lipinski definition) is 1. The second-order valence-electron chi connectivity index (χ2n) is 3.56. The summed E-state index contributed by atoms with van der Waals surface area (Å²) in [6.45, 7) is 1.94. The molecule has 2 aromatic rings. The fourth-order valence-corrected chi connectivity index (χ4v) is 2.03. The summed E-state index contributed by atoms with van der Waals surface area (Å²) in [7, 11) is 1.87. The maximum Gasteiger partial charge on any atom is 0.301 e. The highest BCUT2D eigenvalue weighted by Crippen LogP contribution is 2.32. The molecule has 0 fully saturated rings. The van der Waals surface area contributed by atoms with E-state index in [1.54, 1.807) is 10.8 Å². The van der Waals surface area contributed by atoms with E-state index >= 15 is 0 Å². The lowest BCUT2D eigenvalue weighted by Gasteiger charge is -2.11. The second kappa shape index (κ2) is 4.17. The minimum atomic E-state index is 0.525. The van der Waals surface area contributed by atoms with Gasteiger partial charge in [-0.05, 0) is 24.6 Å². The molecule has 1 heterocycles. The monoisotopic (exact) mass is 281 g/mol. The maximum absolute atomic E-state index is 5.90. The zero-order valence-electron chi connectivity index (χ0n) is 9.07. The van der Waals surface area contributed by atoms with Gasteiger partial charge >= 0.3 is 6.01 Å². The molecule has 0 aliphatic rings. The van der Waals surface area contributed by atoms with Crippen LogP contribution in [0.2, 0.25) is 0 Å². The molecule has 0 atom stereocenters. The zero-order chi connectivity index (χ0) is 11.7. The highest BCUT2D eigenvalue weighted by molar-refractivity contribution is 9.10. The lowest BCUT2D eigenvalue weighted by Crippen LogP contribution is -1.99. The van der Waals surface area contributed by atoms with Gasteiger partial charge in [-0.3, -0.25) is 0 Å². The Morgan fingerprint density at radius 1 is 1.44 bits per heavy atom. The highest BCUT2D eigenvalue weighted by Gasteiger charge is 2.09. The third-order valence-electron chi connectivity index (χ3n) is 2.24. The summed E-state index contributed by atoms with van der Waals surface area (Å²) in [5, 5.41) is 0. The number of nitrogen functional groups attached to an aromatic ring is 1. The molecule has 0 spiro atoms. The normalized spacial score (nSPS) is 10.4. The molecule has 0 unspecified atom stereocenters. The minimum Gasteiger partial charge on any atom is -0.423 e. The van der Waals surface area contributed by atoms with Crippen LogP contribution in [-0.4, -0.2) is 9.55 Å². The van der Waals surface area contributed by atoms with Gasteiger partial charge in [0.25, 0.3) is 0 Å². The lowest BCUT2D eigenvalue weighted by molar-refractivity contribution is 0.424. The first-order chi connectivity index (χ1) is 7.58. The van der Waals surface area contributed by atoms with Crippen LogP contribution in [0, 0.1) is 6.92 Å². The van der Waals surface area contributed by atoms with E-state index < -0.39 is 0 Å². The first-order valence-electron chi connectivity index (χ1n) is 4.78. The largest absolute Gasteiger partial charge is 0.423 e. The molecule has 0 saturated carbocycles. The minimum absolute atomic E-state index is 0.525. The Bertz CT molecular complexity index is 499. The maximum atomic E-state index is 5.90. The molecule has 0 bridgehead atoms. The van der Waals surface area contributed by atoms with Crippen molar-refractivity contribution in [1.29, 1.82) is 0 Å². The van der Waals surface area contributed by atoms with E-state index in [-0.39, 0.29) is 0 Å². The molecule has 2 rings (SSSR count). The van der Waals surface area contributed by atoms with E-state index in [0.29, 0.717) is 17.4 Å². The van der Waals surface area contributed by atoms with Crippen LogP contribution in [0.15, 0.2) is 29.0 Å². The van der Waals surface area contributed by atoms with Crippen molar-refractivity contribution in [2.75, 3.05) is 5.73 Å². The number of aryl methyl sites for hydroxylation is 2. The van der Waals surface area contributed by atoms with E-state index in [9.17, 15) is 0 Å². The first-order valence-corrected chi connectivity index (χ1v) is 5.58. The third-order valence-corrected chi connectivity index (χ3v) is 2.70. The van der Waals surface area contributed by atoms with Crippen molar-refractivity contribution in [3.05, 3.63) is 34.6 Å². The molecule has 0 radical (unpaired) electrons. The van der Waals surface area contributed by atoms with Crippen molar-refractivity contribution in [2.45, 2.75) is 6.92 Å². The Hall–Kier alpha value is -1.49. The van der Waals surface area contributed by atoms with Crippen molar-refractivity contribution in [3.63, 3.8) is 0 Å². The summed E-state index contributed by atoms with van der Waals surface area (Å²) in [4.78, 5) is 4.09. The number of aromatic nitrogens is 2. The molecule has 0 saturated heterocycles. The Morgan fingerprint density at radius 2 is 2.19 bits per heavy atom. The van der Waals surface area contributed by atoms with Crippen LogP contribution >= 0.6 is 15.9 Å². The summed E-state index contributed by atoms with van der Waals surface area (Å²) in [6.07, 6.45) is 3.50. The smallest absolute Gasteiger partial charge is 0.301 e. The fourth-order valence-electron chi connectivity index (χ4n) is 1.44. The van der Waals surface area contributed by atoms with Crippen LogP contribution in [0.1, 0.15) is 5.56 Å². The Labute approximate surface area is 102 Å². The van der Waals surface area contributed by atoms with Crippen molar-refractivity contribution < 1.29 is 4.74 Å². The molecule has 84 valence electrons. The molecule has 16 heavy (non-hydrogen) atoms. The summed E-state index contributed by atoms with van der Waals surface area (Å²) in [6, 6.07) is 4.29. The van der Waals surface area contributed by atoms with Gasteiger partial charge in [0.2, 0.25) is 0 Å². The molecule has 4 nitrogen and oxygen atoms in total. The number of nitrogens with two attached hydrogens (primary N) is 1. The Balaban J connectivity index is 2.39. The SMILES string of the molecule is Cc1cc(Br)cc(N)c1Oc1nccn1C. The number of nitrogens with zero attached hydrogens (tertiary/aromatic N) is 2. The summed E-state index contributed by atoms with van der Waals surface area (Å²) < 4.78 is 8.40. The average molecular weight is 282 g/mol. The van der Waals surface area contributed by atoms with Crippen molar-refractivity contribution in [3.8, 4) is 11.8 Å². The Kier molecular flexibility index (Phi) is 2.87. The van der Waals surface area contributed by atoms with Gasteiger partial charge in [0, 0.05) is 23.9 Å². The van der Waals surface area contributed by atoms with Crippen LogP contribution in [-0.2, 0) is 7.05 Å². The molecule has 0 aliphatic carbocycles. The summed E-state index contributed by atoms with van der Waals surface area (Å²) in [5.74, 6) is 0.650. The van der Waals surface area contributed by atoms with E-state index in [4.69, 9.17) is 10.5 Å². The number of imidazole rings is 1. The second-order valence-corrected chi connectivity index (χ2v) is 4.48. The van der Waals surface area contributed by atoms with Gasteiger partial charge in [-0.15, -0.1) is 0 Å². The van der Waals surface area contributed by atoms with E-state index in [0.717, 1.165) is 10.0 Å². The molecule has 1 aromatic carbocycles. The number of ether oxygens (including phenoxy) is 1. The van der Waals surface area contributed by atoms with Crippen molar-refractivity contribution in [1.82, 2.24) is 9.55 Å². The molecule has 5 heteroatoms. The molecule has 1 aromatic heterocycles. The van der Waals surface area contributed by atoms with Crippen LogP contribution < -0.4 is 10.5 Å². The van der Waals surface area contributed by atoms with E-state index in [1.165, 1.54) is 0 Å². The standard InChI is InChI=1S/C11H12BrN3O/c1-7-5-8(12)6-9(13)10(7)16-11-14-3-4-15(11)2/h3-6H,13H2,1-2H3. The van der Waals surface area contributed by atoms with Gasteiger partial charge in [-0.1, -0.05) is 15.9 Å². The topological polar surface area (TPSA) is 53.1 Å². The predicted octanol–water partition coefficient (Wildman–Crippen LogP) is 2.87. The average Bonchev–Trinajstić information content (AvgIpc) is 2.57. The first kappa shape index (κ1) is 11.0. The number of rotatable bonds is 2. The summed E-state index contributed by atoms with van der Waals surface area (Å²) >= 11 is 3.38. The van der Waals surface area contributed by atoms with Crippen molar-refractivity contribution in [2.24, 2.45) is 7.05 Å². The van der Waals surface area contributed by atoms with Crippen LogP contribution in [0.3, 0.4) is 0 Å². The van der Waals surface area contributed by atoms with Crippen LogP contribution in [0.25, 0.3) is 0 Å². The van der Waals surface area contributed by atoms with Gasteiger partial charge < -0.3 is 15.0 Å². The number of hydrogen-bond acceptors (Lipinski definition) is 3. The number of anilines is 1. The Morgan fingerprint density at radius 3 is 2.75 bits per heavy atom. The van der Waals surface area contributed by atoms with Crippen LogP contribution in [0.4, 0.5) is 5.69 Å². The molecular formula is C11H12BrN3O. The predicted molar refractivity (Wildman–Crippen MR) is 66.6 cm³/mol. The fraction of sp³-hybridized carbons (Fsp3) is 0.182. The molecular weight excluding hydrogens is 270 g/mol. The van der Waals surface area contributed by atoms with Gasteiger partial charge in [0.05, 0.1) is 5.69 Å². The van der Waals surface area contributed by atoms with Crippen molar-refractivity contribution >= 4 is 21.6 Å². The number of halogens is 1. The van der Waals surface area contributed by atoms with Gasteiger partial charge in [0.1, 0.15) is 0 Å². The van der Waals surface area contributed by atoms with Crippen LogP contribution in [0.5, 0.6) is 11.8 Å². The zero-order valence-corrected chi connectivity index (χ0v) is 10.7. The van der Waals surface area contributed by atoms with Gasteiger partial charge in [0.15, 0.2) is 5.75 Å². The number of benzene rings is 1. The highest BCUT2D eigenvalue weighted by atomic mass is 79.9.